The van der Waals surface area contributed by atoms with Crippen molar-refractivity contribution in [2.75, 3.05) is 0 Å². The van der Waals surface area contributed by atoms with E-state index in [-0.39, 0.29) is 5.03 Å². The average molecular weight is 413 g/mol. The first-order valence-corrected chi connectivity index (χ1v) is 6.75. The quantitative estimate of drug-likeness (QED) is 0.512. The largest absolute Gasteiger partial charge is 0.445 e. The Kier molecular flexibility index (Phi) is 3.34. The van der Waals surface area contributed by atoms with E-state index in [1.54, 1.807) is 0 Å². The molecule has 1 unspecified atom stereocenters. The second-order valence-electron chi connectivity index (χ2n) is 3.56. The third kappa shape index (κ3) is 1.91. The van der Waals surface area contributed by atoms with E-state index in [9.17, 15) is 4.79 Å². The number of hydrogen-bond acceptors (Lipinski definition) is 2. The molecule has 2 nitrogen and oxygen atoms in total. The van der Waals surface area contributed by atoms with E-state index in [2.05, 4.69) is 38.5 Å². The highest BCUT2D eigenvalue weighted by Crippen LogP contribution is 2.46. The van der Waals surface area contributed by atoms with Crippen molar-refractivity contribution < 1.29 is 9.53 Å². The maximum Gasteiger partial charge on any atom is 0.351 e. The first-order chi connectivity index (χ1) is 7.45. The molecular formula is C11H7BrClIO2. The third-order valence-electron chi connectivity index (χ3n) is 2.46. The molecule has 0 amide bonds. The van der Waals surface area contributed by atoms with Crippen molar-refractivity contribution in [3.63, 3.8) is 0 Å². The Bertz CT molecular complexity index is 501. The van der Waals surface area contributed by atoms with Crippen molar-refractivity contribution in [1.29, 1.82) is 0 Å². The summed E-state index contributed by atoms with van der Waals surface area (Å²) < 4.78 is 7.00. The van der Waals surface area contributed by atoms with Gasteiger partial charge in [0.2, 0.25) is 0 Å². The number of carbonyl (C=O) groups is 1. The van der Waals surface area contributed by atoms with E-state index in [0.29, 0.717) is 0 Å². The summed E-state index contributed by atoms with van der Waals surface area (Å²) in [7, 11) is 0. The summed E-state index contributed by atoms with van der Waals surface area (Å²) in [5.74, 6) is -0.464. The summed E-state index contributed by atoms with van der Waals surface area (Å²) in [6, 6.07) is 7.64. The number of esters is 1. The highest BCUT2D eigenvalue weighted by atomic mass is 127. The Balaban J connectivity index is 2.53. The lowest BCUT2D eigenvalue weighted by atomic mass is 9.96. The van der Waals surface area contributed by atoms with Gasteiger partial charge in [0.15, 0.2) is 5.60 Å². The monoisotopic (exact) mass is 412 g/mol. The van der Waals surface area contributed by atoms with Crippen molar-refractivity contribution >= 4 is 56.1 Å². The van der Waals surface area contributed by atoms with Gasteiger partial charge in [-0.05, 0) is 41.6 Å². The number of hydrogen-bond donors (Lipinski definition) is 0. The van der Waals surface area contributed by atoms with Gasteiger partial charge in [-0.3, -0.25) is 0 Å². The fourth-order valence-electron chi connectivity index (χ4n) is 1.54. The molecule has 84 valence electrons. The Morgan fingerprint density at radius 3 is 2.69 bits per heavy atom. The molecule has 1 aliphatic heterocycles. The SMILES string of the molecule is CC1(c2cccc(Br)c2)OC(=O)C(Cl)=C1I. The lowest BCUT2D eigenvalue weighted by Gasteiger charge is -2.24. The first-order valence-electron chi connectivity index (χ1n) is 4.50. The number of benzene rings is 1. The molecule has 0 aliphatic carbocycles. The molecule has 5 heteroatoms. The van der Waals surface area contributed by atoms with E-state index in [4.69, 9.17) is 16.3 Å². The smallest absolute Gasteiger partial charge is 0.351 e. The molecule has 0 N–H and O–H groups in total. The minimum Gasteiger partial charge on any atom is -0.445 e. The topological polar surface area (TPSA) is 26.3 Å². The predicted molar refractivity (Wildman–Crippen MR) is 74.5 cm³/mol. The Labute approximate surface area is 120 Å². The van der Waals surface area contributed by atoms with Gasteiger partial charge in [-0.1, -0.05) is 39.7 Å². The molecule has 1 heterocycles. The molecule has 0 spiro atoms. The molecule has 2 rings (SSSR count). The van der Waals surface area contributed by atoms with E-state index in [1.807, 2.05) is 31.2 Å². The number of halogens is 3. The maximum absolute atomic E-state index is 11.4. The third-order valence-corrected chi connectivity index (χ3v) is 5.19. The van der Waals surface area contributed by atoms with Gasteiger partial charge in [-0.2, -0.15) is 0 Å². The zero-order valence-corrected chi connectivity index (χ0v) is 12.8. The normalized spacial score (nSPS) is 24.9. The van der Waals surface area contributed by atoms with Crippen LogP contribution in [0, 0.1) is 0 Å². The molecule has 0 saturated carbocycles. The van der Waals surface area contributed by atoms with E-state index >= 15 is 0 Å². The standard InChI is InChI=1S/C11H7BrClIO2/c1-11(6-3-2-4-7(12)5-6)9(14)8(13)10(15)16-11/h2-5H,1H3. The van der Waals surface area contributed by atoms with Gasteiger partial charge in [0, 0.05) is 10.0 Å². The van der Waals surface area contributed by atoms with Crippen molar-refractivity contribution in [3.8, 4) is 0 Å². The van der Waals surface area contributed by atoms with Crippen LogP contribution in [0.5, 0.6) is 0 Å². The molecule has 0 fully saturated rings. The van der Waals surface area contributed by atoms with Crippen LogP contribution in [0.25, 0.3) is 0 Å². The lowest BCUT2D eigenvalue weighted by molar-refractivity contribution is -0.145. The Hall–Kier alpha value is -0.0700. The van der Waals surface area contributed by atoms with Gasteiger partial charge in [-0.15, -0.1) is 0 Å². The fourth-order valence-corrected chi connectivity index (χ4v) is 2.80. The lowest BCUT2D eigenvalue weighted by Crippen LogP contribution is -2.23. The summed E-state index contributed by atoms with van der Waals surface area (Å²) in [4.78, 5) is 11.4. The molecule has 1 aromatic carbocycles. The van der Waals surface area contributed by atoms with Crippen LogP contribution in [0.2, 0.25) is 0 Å². The summed E-state index contributed by atoms with van der Waals surface area (Å²) >= 11 is 11.3. The van der Waals surface area contributed by atoms with Crippen LogP contribution in [-0.4, -0.2) is 5.97 Å². The van der Waals surface area contributed by atoms with Crippen LogP contribution >= 0.6 is 50.1 Å². The zero-order chi connectivity index (χ0) is 11.9. The highest BCUT2D eigenvalue weighted by molar-refractivity contribution is 14.1. The average Bonchev–Trinajstić information content (AvgIpc) is 2.44. The van der Waals surface area contributed by atoms with Gasteiger partial charge in [0.25, 0.3) is 0 Å². The van der Waals surface area contributed by atoms with E-state index in [0.717, 1.165) is 13.6 Å². The number of cyclic esters (lactones) is 1. The molecule has 16 heavy (non-hydrogen) atoms. The minimum absolute atomic E-state index is 0.170. The van der Waals surface area contributed by atoms with Gasteiger partial charge >= 0.3 is 5.97 Å². The second-order valence-corrected chi connectivity index (χ2v) is 5.93. The van der Waals surface area contributed by atoms with Crippen LogP contribution in [0.1, 0.15) is 12.5 Å². The molecule has 0 radical (unpaired) electrons. The van der Waals surface area contributed by atoms with Gasteiger partial charge in [0.05, 0.1) is 3.58 Å². The van der Waals surface area contributed by atoms with E-state index < -0.39 is 11.6 Å². The second kappa shape index (κ2) is 4.31. The van der Waals surface area contributed by atoms with Crippen molar-refractivity contribution in [2.24, 2.45) is 0 Å². The van der Waals surface area contributed by atoms with Crippen molar-refractivity contribution in [1.82, 2.24) is 0 Å². The molecule has 0 saturated heterocycles. The van der Waals surface area contributed by atoms with E-state index in [1.165, 1.54) is 0 Å². The fraction of sp³-hybridized carbons (Fsp3) is 0.182. The van der Waals surface area contributed by atoms with Crippen LogP contribution in [-0.2, 0) is 15.1 Å². The number of ether oxygens (including phenoxy) is 1. The first kappa shape index (κ1) is 12.4. The molecule has 1 atom stereocenters. The molecule has 1 aromatic rings. The van der Waals surface area contributed by atoms with Gasteiger partial charge in [-0.25, -0.2) is 4.79 Å². The maximum atomic E-state index is 11.4. The highest BCUT2D eigenvalue weighted by Gasteiger charge is 2.43. The summed E-state index contributed by atoms with van der Waals surface area (Å²) in [6.45, 7) is 1.84. The molecular weight excluding hydrogens is 406 g/mol. The van der Waals surface area contributed by atoms with Gasteiger partial charge in [0.1, 0.15) is 5.03 Å². The summed E-state index contributed by atoms with van der Waals surface area (Å²) in [6.07, 6.45) is 0. The van der Waals surface area contributed by atoms with Crippen LogP contribution in [0.15, 0.2) is 37.4 Å². The molecule has 0 bridgehead atoms. The number of carbonyl (C=O) groups excluding carboxylic acids is 1. The zero-order valence-electron chi connectivity index (χ0n) is 8.26. The van der Waals surface area contributed by atoms with Crippen molar-refractivity contribution in [3.05, 3.63) is 42.9 Å². The summed E-state index contributed by atoms with van der Waals surface area (Å²) in [5.41, 5.74) is 0.133. The van der Waals surface area contributed by atoms with Crippen LogP contribution in [0.3, 0.4) is 0 Å². The Morgan fingerprint density at radius 1 is 1.50 bits per heavy atom. The number of rotatable bonds is 1. The summed E-state index contributed by atoms with van der Waals surface area (Å²) in [5, 5.41) is 0.170. The minimum atomic E-state index is -0.765. The van der Waals surface area contributed by atoms with Crippen LogP contribution in [0.4, 0.5) is 0 Å². The van der Waals surface area contributed by atoms with Gasteiger partial charge < -0.3 is 4.74 Å². The molecule has 0 aromatic heterocycles. The van der Waals surface area contributed by atoms with Crippen molar-refractivity contribution in [2.45, 2.75) is 12.5 Å². The van der Waals surface area contributed by atoms with Crippen LogP contribution < -0.4 is 0 Å². The Morgan fingerprint density at radius 2 is 2.19 bits per heavy atom. The predicted octanol–water partition coefficient (Wildman–Crippen LogP) is 4.11. The molecule has 1 aliphatic rings.